The number of rotatable bonds is 4. The summed E-state index contributed by atoms with van der Waals surface area (Å²) in [5, 5.41) is 9.54. The lowest BCUT2D eigenvalue weighted by Gasteiger charge is -2.15. The fraction of sp³-hybridized carbons (Fsp3) is 0.0588. The first-order valence-electron chi connectivity index (χ1n) is 7.38. The Morgan fingerprint density at radius 3 is 2.65 bits per heavy atom. The molecule has 2 heterocycles. The Kier molecular flexibility index (Phi) is 5.29. The van der Waals surface area contributed by atoms with Crippen LogP contribution in [-0.2, 0) is 0 Å². The predicted molar refractivity (Wildman–Crippen MR) is 100 cm³/mol. The van der Waals surface area contributed by atoms with Crippen LogP contribution in [0.25, 0.3) is 5.69 Å². The second-order valence-corrected chi connectivity index (χ2v) is 5.99. The number of hydrazone groups is 1. The van der Waals surface area contributed by atoms with Gasteiger partial charge in [-0.2, -0.15) is 14.9 Å². The largest absolute Gasteiger partial charge is 0.292 e. The molecule has 0 aliphatic heterocycles. The van der Waals surface area contributed by atoms with E-state index in [1.54, 1.807) is 37.8 Å². The molecule has 0 atom stereocenters. The fourth-order valence-electron chi connectivity index (χ4n) is 2.12. The van der Waals surface area contributed by atoms with Crippen molar-refractivity contribution in [2.75, 3.05) is 12.1 Å². The molecule has 0 fully saturated rings. The zero-order valence-corrected chi connectivity index (χ0v) is 15.0. The van der Waals surface area contributed by atoms with Crippen molar-refractivity contribution in [1.29, 1.82) is 0 Å². The summed E-state index contributed by atoms with van der Waals surface area (Å²) in [5.41, 5.74) is 0.896. The summed E-state index contributed by atoms with van der Waals surface area (Å²) < 4.78 is 14.3. The number of hydrogen-bond donors (Lipinski definition) is 0. The Bertz CT molecular complexity index is 1020. The molecule has 3 aromatic rings. The summed E-state index contributed by atoms with van der Waals surface area (Å²) in [6.45, 7) is 0. The van der Waals surface area contributed by atoms with E-state index in [0.717, 1.165) is 16.3 Å². The number of anilines is 1. The molecule has 0 amide bonds. The Morgan fingerprint density at radius 2 is 1.96 bits per heavy atom. The number of aromatic nitrogens is 3. The van der Waals surface area contributed by atoms with Gasteiger partial charge in [0.05, 0.1) is 23.1 Å². The van der Waals surface area contributed by atoms with Crippen molar-refractivity contribution in [1.82, 2.24) is 14.8 Å². The van der Waals surface area contributed by atoms with Crippen LogP contribution in [0, 0.1) is 5.82 Å². The minimum atomic E-state index is -0.587. The minimum absolute atomic E-state index is 0.0742. The normalized spacial score (nSPS) is 11.1. The Labute approximate surface area is 158 Å². The Hall–Kier alpha value is -2.77. The monoisotopic (exact) mass is 391 g/mol. The van der Waals surface area contributed by atoms with Crippen molar-refractivity contribution >= 4 is 35.1 Å². The van der Waals surface area contributed by atoms with Gasteiger partial charge in [0.2, 0.25) is 0 Å². The van der Waals surface area contributed by atoms with E-state index in [-0.39, 0.29) is 10.0 Å². The summed E-state index contributed by atoms with van der Waals surface area (Å²) in [6.07, 6.45) is 6.28. The zero-order chi connectivity index (χ0) is 18.7. The van der Waals surface area contributed by atoms with Crippen molar-refractivity contribution in [3.8, 4) is 5.69 Å². The van der Waals surface area contributed by atoms with Crippen LogP contribution in [0.4, 0.5) is 10.1 Å². The second-order valence-electron chi connectivity index (χ2n) is 5.21. The number of pyridine rings is 1. The van der Waals surface area contributed by atoms with Crippen LogP contribution < -0.4 is 10.6 Å². The molecule has 0 aliphatic carbocycles. The highest BCUT2D eigenvalue weighted by molar-refractivity contribution is 6.33. The van der Waals surface area contributed by atoms with E-state index in [4.69, 9.17) is 23.2 Å². The predicted octanol–water partition coefficient (Wildman–Crippen LogP) is 3.54. The highest BCUT2D eigenvalue weighted by atomic mass is 35.5. The van der Waals surface area contributed by atoms with Crippen LogP contribution in [0.5, 0.6) is 0 Å². The average molecular weight is 392 g/mol. The first-order chi connectivity index (χ1) is 12.5. The van der Waals surface area contributed by atoms with E-state index in [0.29, 0.717) is 11.4 Å². The summed E-state index contributed by atoms with van der Waals surface area (Å²) in [7, 11) is 1.64. The van der Waals surface area contributed by atoms with Gasteiger partial charge >= 0.3 is 0 Å². The molecule has 0 saturated carbocycles. The van der Waals surface area contributed by atoms with E-state index in [1.807, 2.05) is 0 Å². The van der Waals surface area contributed by atoms with E-state index in [2.05, 4.69) is 15.2 Å². The van der Waals surface area contributed by atoms with Crippen LogP contribution in [-0.4, -0.2) is 28.0 Å². The minimum Gasteiger partial charge on any atom is -0.266 e. The maximum absolute atomic E-state index is 13.3. The third kappa shape index (κ3) is 3.74. The molecular weight excluding hydrogens is 380 g/mol. The molecule has 26 heavy (non-hydrogen) atoms. The summed E-state index contributed by atoms with van der Waals surface area (Å²) >= 11 is 11.9. The molecular formula is C17H12Cl2FN5O. The number of benzene rings is 1. The molecule has 0 saturated heterocycles. The lowest BCUT2D eigenvalue weighted by Crippen LogP contribution is -2.24. The molecule has 0 spiro atoms. The molecule has 3 rings (SSSR count). The zero-order valence-electron chi connectivity index (χ0n) is 13.5. The quantitative estimate of drug-likeness (QED) is 0.503. The summed E-state index contributed by atoms with van der Waals surface area (Å²) in [6, 6.07) is 7.41. The summed E-state index contributed by atoms with van der Waals surface area (Å²) in [5.74, 6) is -0.587. The maximum atomic E-state index is 13.3. The van der Waals surface area contributed by atoms with Crippen LogP contribution in [0.15, 0.2) is 58.8 Å². The van der Waals surface area contributed by atoms with Crippen LogP contribution in [0.1, 0.15) is 5.56 Å². The molecule has 0 N–H and O–H groups in total. The van der Waals surface area contributed by atoms with Gasteiger partial charge in [-0.3, -0.25) is 14.8 Å². The molecule has 0 unspecified atom stereocenters. The van der Waals surface area contributed by atoms with Gasteiger partial charge in [-0.15, -0.1) is 0 Å². The van der Waals surface area contributed by atoms with E-state index in [9.17, 15) is 9.18 Å². The van der Waals surface area contributed by atoms with Crippen molar-refractivity contribution in [3.63, 3.8) is 0 Å². The Morgan fingerprint density at radius 1 is 1.23 bits per heavy atom. The molecule has 1 aromatic carbocycles. The summed E-state index contributed by atoms with van der Waals surface area (Å²) in [4.78, 5) is 16.4. The van der Waals surface area contributed by atoms with Gasteiger partial charge in [0.15, 0.2) is 0 Å². The maximum Gasteiger partial charge on any atom is 0.292 e. The van der Waals surface area contributed by atoms with Crippen molar-refractivity contribution in [2.45, 2.75) is 0 Å². The van der Waals surface area contributed by atoms with E-state index >= 15 is 0 Å². The van der Waals surface area contributed by atoms with Gasteiger partial charge in [0, 0.05) is 19.4 Å². The van der Waals surface area contributed by atoms with Crippen LogP contribution in [0.2, 0.25) is 10.0 Å². The lowest BCUT2D eigenvalue weighted by molar-refractivity contribution is 0.627. The first kappa shape index (κ1) is 18.0. The second kappa shape index (κ2) is 7.63. The van der Waals surface area contributed by atoms with Gasteiger partial charge in [-0.25, -0.2) is 4.39 Å². The fourth-order valence-corrected chi connectivity index (χ4v) is 2.54. The van der Waals surface area contributed by atoms with Crippen LogP contribution >= 0.6 is 23.2 Å². The van der Waals surface area contributed by atoms with Crippen molar-refractivity contribution in [2.24, 2.45) is 5.10 Å². The molecule has 0 bridgehead atoms. The van der Waals surface area contributed by atoms with Gasteiger partial charge in [0.25, 0.3) is 5.56 Å². The topological polar surface area (TPSA) is 63.4 Å². The van der Waals surface area contributed by atoms with Gasteiger partial charge < -0.3 is 0 Å². The molecule has 0 radical (unpaired) electrons. The number of hydrogen-bond acceptors (Lipinski definition) is 5. The van der Waals surface area contributed by atoms with E-state index in [1.165, 1.54) is 23.3 Å². The lowest BCUT2D eigenvalue weighted by atomic mass is 10.3. The standard InChI is InChI=1S/C17H12Cl2FN5O/c1-24(22-9-11-4-6-21-7-5-11)15-10-23-25(17(26)16(15)19)12-2-3-14(20)13(18)8-12/h2-10H,1H3/b22-9-. The highest BCUT2D eigenvalue weighted by Crippen LogP contribution is 2.22. The molecule has 0 aliphatic rings. The van der Waals surface area contributed by atoms with Gasteiger partial charge in [-0.05, 0) is 35.9 Å². The van der Waals surface area contributed by atoms with Gasteiger partial charge in [0.1, 0.15) is 16.5 Å². The SMILES string of the molecule is CN(/N=C\c1ccncc1)c1cnn(-c2ccc(F)c(Cl)c2)c(=O)c1Cl. The van der Waals surface area contributed by atoms with Crippen molar-refractivity contribution < 1.29 is 4.39 Å². The number of nitrogens with zero attached hydrogens (tertiary/aromatic N) is 5. The van der Waals surface area contributed by atoms with Gasteiger partial charge in [-0.1, -0.05) is 23.2 Å². The highest BCUT2D eigenvalue weighted by Gasteiger charge is 2.14. The molecule has 6 nitrogen and oxygen atoms in total. The molecule has 2 aromatic heterocycles. The van der Waals surface area contributed by atoms with Crippen molar-refractivity contribution in [3.05, 3.63) is 80.7 Å². The first-order valence-corrected chi connectivity index (χ1v) is 8.14. The number of halogens is 3. The third-order valence-corrected chi connectivity index (χ3v) is 4.13. The Balaban J connectivity index is 1.93. The molecule has 9 heteroatoms. The molecule has 132 valence electrons. The van der Waals surface area contributed by atoms with Crippen LogP contribution in [0.3, 0.4) is 0 Å². The third-order valence-electron chi connectivity index (χ3n) is 3.48. The smallest absolute Gasteiger partial charge is 0.266 e. The average Bonchev–Trinajstić information content (AvgIpc) is 2.65. The van der Waals surface area contributed by atoms with E-state index < -0.39 is 11.4 Å².